The summed E-state index contributed by atoms with van der Waals surface area (Å²) in [7, 11) is 0. The number of rotatable bonds is 6. The third-order valence-electron chi connectivity index (χ3n) is 3.24. The van der Waals surface area contributed by atoms with Crippen molar-refractivity contribution in [3.63, 3.8) is 0 Å². The Bertz CT molecular complexity index is 411. The smallest absolute Gasteiger partial charge is 0.161 e. The predicted octanol–water partition coefficient (Wildman–Crippen LogP) is 2.74. The first-order valence-corrected chi connectivity index (χ1v) is 5.91. The summed E-state index contributed by atoms with van der Waals surface area (Å²) < 4.78 is 39.2. The van der Waals surface area contributed by atoms with Crippen LogP contribution in [0.5, 0.6) is 0 Å². The lowest BCUT2D eigenvalue weighted by Crippen LogP contribution is -2.42. The van der Waals surface area contributed by atoms with E-state index in [-0.39, 0.29) is 24.3 Å². The van der Waals surface area contributed by atoms with Crippen LogP contribution in [0, 0.1) is 17.5 Å². The predicted molar refractivity (Wildman–Crippen MR) is 63.6 cm³/mol. The molecule has 0 aromatic heterocycles. The fourth-order valence-electron chi connectivity index (χ4n) is 1.64. The summed E-state index contributed by atoms with van der Waals surface area (Å²) in [6.07, 6.45) is 1.24. The van der Waals surface area contributed by atoms with Crippen LogP contribution < -0.4 is 5.32 Å². The molecule has 0 aliphatic heterocycles. The van der Waals surface area contributed by atoms with Gasteiger partial charge in [-0.2, -0.15) is 0 Å². The molecule has 0 aliphatic rings. The van der Waals surface area contributed by atoms with Crippen molar-refractivity contribution in [1.29, 1.82) is 0 Å². The van der Waals surface area contributed by atoms with Crippen LogP contribution in [-0.2, 0) is 6.54 Å². The molecule has 2 N–H and O–H groups in total. The van der Waals surface area contributed by atoms with Crippen LogP contribution in [0.1, 0.15) is 32.3 Å². The summed E-state index contributed by atoms with van der Waals surface area (Å²) >= 11 is 0. The average Bonchev–Trinajstić information content (AvgIpc) is 2.32. The lowest BCUT2D eigenvalue weighted by Gasteiger charge is -2.29. The number of halogens is 3. The van der Waals surface area contributed by atoms with E-state index < -0.39 is 17.5 Å². The summed E-state index contributed by atoms with van der Waals surface area (Å²) in [4.78, 5) is 0. The minimum Gasteiger partial charge on any atom is -0.396 e. The zero-order valence-electron chi connectivity index (χ0n) is 10.6. The highest BCUT2D eigenvalue weighted by molar-refractivity contribution is 5.20. The Morgan fingerprint density at radius 2 is 1.78 bits per heavy atom. The van der Waals surface area contributed by atoms with E-state index in [1.807, 2.05) is 13.8 Å². The van der Waals surface area contributed by atoms with Crippen molar-refractivity contribution in [1.82, 2.24) is 5.32 Å². The molecular formula is C13H18F3NO. The topological polar surface area (TPSA) is 32.3 Å². The standard InChI is InChI=1S/C13H18F3NO/c1-3-13(2,4-5-18)17-8-9-6-11(15)12(16)7-10(9)14/h6-7,17-18H,3-5,8H2,1-2H3. The molecular weight excluding hydrogens is 243 g/mol. The molecule has 0 bridgehead atoms. The molecule has 1 aromatic carbocycles. The van der Waals surface area contributed by atoms with Crippen molar-refractivity contribution in [2.24, 2.45) is 0 Å². The summed E-state index contributed by atoms with van der Waals surface area (Å²) in [6.45, 7) is 3.93. The molecule has 0 fully saturated rings. The molecule has 102 valence electrons. The third-order valence-corrected chi connectivity index (χ3v) is 3.24. The molecule has 0 saturated heterocycles. The van der Waals surface area contributed by atoms with Gasteiger partial charge in [-0.05, 0) is 25.8 Å². The van der Waals surface area contributed by atoms with E-state index in [9.17, 15) is 13.2 Å². The first-order valence-electron chi connectivity index (χ1n) is 5.91. The van der Waals surface area contributed by atoms with Gasteiger partial charge in [0, 0.05) is 30.3 Å². The van der Waals surface area contributed by atoms with Crippen molar-refractivity contribution in [3.05, 3.63) is 35.1 Å². The summed E-state index contributed by atoms with van der Waals surface area (Å²) in [5.74, 6) is -3.03. The maximum Gasteiger partial charge on any atom is 0.161 e. The molecule has 5 heteroatoms. The Morgan fingerprint density at radius 3 is 2.33 bits per heavy atom. The lowest BCUT2D eigenvalue weighted by atomic mass is 9.94. The van der Waals surface area contributed by atoms with Crippen molar-refractivity contribution >= 4 is 0 Å². The van der Waals surface area contributed by atoms with E-state index in [1.165, 1.54) is 0 Å². The molecule has 1 aromatic rings. The molecule has 1 unspecified atom stereocenters. The van der Waals surface area contributed by atoms with E-state index in [0.29, 0.717) is 12.5 Å². The molecule has 1 atom stereocenters. The first-order chi connectivity index (χ1) is 8.41. The Kier molecular flexibility index (Phi) is 5.16. The molecule has 1 rings (SSSR count). The molecule has 2 nitrogen and oxygen atoms in total. The van der Waals surface area contributed by atoms with E-state index in [1.54, 1.807) is 0 Å². The van der Waals surface area contributed by atoms with E-state index in [0.717, 1.165) is 12.5 Å². The molecule has 0 spiro atoms. The number of hydrogen-bond donors (Lipinski definition) is 2. The van der Waals surface area contributed by atoms with Crippen LogP contribution in [-0.4, -0.2) is 17.3 Å². The van der Waals surface area contributed by atoms with Crippen molar-refractivity contribution in [3.8, 4) is 0 Å². The summed E-state index contributed by atoms with van der Waals surface area (Å²) in [5.41, 5.74) is -0.280. The van der Waals surface area contributed by atoms with Crippen LogP contribution in [0.15, 0.2) is 12.1 Å². The van der Waals surface area contributed by atoms with Crippen molar-refractivity contribution in [2.75, 3.05) is 6.61 Å². The monoisotopic (exact) mass is 261 g/mol. The quantitative estimate of drug-likeness (QED) is 0.772. The van der Waals surface area contributed by atoms with E-state index in [2.05, 4.69) is 5.32 Å². The highest BCUT2D eigenvalue weighted by Gasteiger charge is 2.21. The number of aliphatic hydroxyl groups is 1. The van der Waals surface area contributed by atoms with Crippen molar-refractivity contribution < 1.29 is 18.3 Å². The second-order valence-corrected chi connectivity index (χ2v) is 4.60. The SMILES string of the molecule is CCC(C)(CCO)NCc1cc(F)c(F)cc1F. The maximum absolute atomic E-state index is 13.4. The first kappa shape index (κ1) is 15.0. The van der Waals surface area contributed by atoms with Crippen LogP contribution >= 0.6 is 0 Å². The van der Waals surface area contributed by atoms with Gasteiger partial charge in [-0.3, -0.25) is 0 Å². The molecule has 0 aliphatic carbocycles. The van der Waals surface area contributed by atoms with Gasteiger partial charge in [0.25, 0.3) is 0 Å². The minimum atomic E-state index is -1.19. The zero-order chi connectivity index (χ0) is 13.8. The average molecular weight is 261 g/mol. The van der Waals surface area contributed by atoms with E-state index >= 15 is 0 Å². The van der Waals surface area contributed by atoms with Gasteiger partial charge in [-0.1, -0.05) is 6.92 Å². The molecule has 0 radical (unpaired) electrons. The molecule has 0 heterocycles. The Morgan fingerprint density at radius 1 is 1.17 bits per heavy atom. The normalized spacial score (nSPS) is 14.6. The van der Waals surface area contributed by atoms with Gasteiger partial charge in [0.05, 0.1) is 0 Å². The maximum atomic E-state index is 13.4. The molecule has 18 heavy (non-hydrogen) atoms. The summed E-state index contributed by atoms with van der Waals surface area (Å²) in [5, 5.41) is 12.0. The fourth-order valence-corrected chi connectivity index (χ4v) is 1.64. The van der Waals surface area contributed by atoms with Gasteiger partial charge in [0.2, 0.25) is 0 Å². The van der Waals surface area contributed by atoms with Crippen molar-refractivity contribution in [2.45, 2.75) is 38.8 Å². The Balaban J connectivity index is 2.76. The van der Waals surface area contributed by atoms with Gasteiger partial charge in [-0.25, -0.2) is 13.2 Å². The number of benzene rings is 1. The van der Waals surface area contributed by atoms with Gasteiger partial charge in [0.15, 0.2) is 11.6 Å². The number of nitrogens with one attached hydrogen (secondary N) is 1. The number of aliphatic hydroxyl groups excluding tert-OH is 1. The van der Waals surface area contributed by atoms with E-state index in [4.69, 9.17) is 5.11 Å². The fraction of sp³-hybridized carbons (Fsp3) is 0.538. The Hall–Kier alpha value is -1.07. The number of hydrogen-bond acceptors (Lipinski definition) is 2. The molecule has 0 saturated carbocycles. The highest BCUT2D eigenvalue weighted by Crippen LogP contribution is 2.18. The van der Waals surface area contributed by atoms with Crippen LogP contribution in [0.4, 0.5) is 13.2 Å². The lowest BCUT2D eigenvalue weighted by molar-refractivity contribution is 0.214. The van der Waals surface area contributed by atoms with Gasteiger partial charge in [0.1, 0.15) is 5.82 Å². The van der Waals surface area contributed by atoms with Crippen LogP contribution in [0.25, 0.3) is 0 Å². The largest absolute Gasteiger partial charge is 0.396 e. The second kappa shape index (κ2) is 6.20. The summed E-state index contributed by atoms with van der Waals surface area (Å²) in [6, 6.07) is 1.40. The van der Waals surface area contributed by atoms with Gasteiger partial charge >= 0.3 is 0 Å². The van der Waals surface area contributed by atoms with Crippen LogP contribution in [0.2, 0.25) is 0 Å². The Labute approximate surface area is 105 Å². The third kappa shape index (κ3) is 3.71. The zero-order valence-corrected chi connectivity index (χ0v) is 10.6. The van der Waals surface area contributed by atoms with Crippen LogP contribution in [0.3, 0.4) is 0 Å². The second-order valence-electron chi connectivity index (χ2n) is 4.60. The highest BCUT2D eigenvalue weighted by atomic mass is 19.2. The minimum absolute atomic E-state index is 0.0115. The molecule has 0 amide bonds. The van der Waals surface area contributed by atoms with Gasteiger partial charge < -0.3 is 10.4 Å². The van der Waals surface area contributed by atoms with Gasteiger partial charge in [-0.15, -0.1) is 0 Å².